The number of hydrogen-bond acceptors (Lipinski definition) is 5. The fourth-order valence-electron chi connectivity index (χ4n) is 2.38. The van der Waals surface area contributed by atoms with Crippen molar-refractivity contribution in [1.29, 1.82) is 0 Å². The van der Waals surface area contributed by atoms with E-state index in [1.807, 2.05) is 18.7 Å². The van der Waals surface area contributed by atoms with Crippen molar-refractivity contribution in [2.24, 2.45) is 0 Å². The number of hydrogen-bond donors (Lipinski definition) is 1. The summed E-state index contributed by atoms with van der Waals surface area (Å²) in [6.07, 6.45) is 1.34. The Labute approximate surface area is 112 Å². The second-order valence-electron chi connectivity index (χ2n) is 4.44. The molecule has 1 aromatic rings. The molecule has 0 spiro atoms. The number of aromatic carboxylic acids is 1. The maximum atomic E-state index is 11.6. The minimum Gasteiger partial charge on any atom is -0.478 e. The minimum absolute atomic E-state index is 0.302. The lowest BCUT2D eigenvalue weighted by Crippen LogP contribution is -2.38. The number of nitrogens with zero attached hydrogens (tertiary/aromatic N) is 3. The molecule has 19 heavy (non-hydrogen) atoms. The first kappa shape index (κ1) is 13.7. The molecule has 0 saturated carbocycles. The number of aromatic nitrogens is 2. The maximum absolute atomic E-state index is 11.6. The van der Waals surface area contributed by atoms with E-state index in [2.05, 4.69) is 10.2 Å². The quantitative estimate of drug-likeness (QED) is 0.879. The summed E-state index contributed by atoms with van der Waals surface area (Å²) in [5, 5.41) is 17.8. The molecule has 6 heteroatoms. The van der Waals surface area contributed by atoms with Crippen LogP contribution in [0.4, 0.5) is 5.82 Å². The van der Waals surface area contributed by atoms with Gasteiger partial charge in [-0.3, -0.25) is 0 Å². The molecule has 6 nitrogen and oxygen atoms in total. The molecule has 0 aliphatic carbocycles. The van der Waals surface area contributed by atoms with Gasteiger partial charge in [0.15, 0.2) is 5.82 Å². The van der Waals surface area contributed by atoms with E-state index in [1.165, 1.54) is 0 Å². The fraction of sp³-hybridized carbons (Fsp3) is 0.615. The zero-order valence-corrected chi connectivity index (χ0v) is 11.3. The van der Waals surface area contributed by atoms with Gasteiger partial charge in [-0.15, -0.1) is 5.10 Å². The lowest BCUT2D eigenvalue weighted by molar-refractivity contribution is 0.0694. The third-order valence-electron chi connectivity index (χ3n) is 3.35. The fourth-order valence-corrected chi connectivity index (χ4v) is 2.38. The molecule has 1 saturated heterocycles. The third kappa shape index (κ3) is 2.68. The number of anilines is 1. The van der Waals surface area contributed by atoms with Gasteiger partial charge >= 0.3 is 5.97 Å². The molecule has 104 valence electrons. The van der Waals surface area contributed by atoms with Crippen molar-refractivity contribution in [3.63, 3.8) is 0 Å². The number of carboxylic acids is 1. The molecule has 0 atom stereocenters. The highest BCUT2D eigenvalue weighted by molar-refractivity contribution is 5.95. The second kappa shape index (κ2) is 5.97. The summed E-state index contributed by atoms with van der Waals surface area (Å²) in [7, 11) is 0. The number of carboxylic acid groups (broad SMARTS) is 1. The largest absolute Gasteiger partial charge is 0.478 e. The number of morpholine rings is 1. The van der Waals surface area contributed by atoms with Gasteiger partial charge in [-0.1, -0.05) is 13.8 Å². The van der Waals surface area contributed by atoms with E-state index in [0.717, 1.165) is 11.3 Å². The second-order valence-corrected chi connectivity index (χ2v) is 4.44. The lowest BCUT2D eigenvalue weighted by Gasteiger charge is -2.29. The Morgan fingerprint density at radius 3 is 2.47 bits per heavy atom. The van der Waals surface area contributed by atoms with Gasteiger partial charge in [-0.05, 0) is 18.4 Å². The smallest absolute Gasteiger partial charge is 0.339 e. The van der Waals surface area contributed by atoms with Crippen molar-refractivity contribution in [2.75, 3.05) is 31.2 Å². The van der Waals surface area contributed by atoms with Crippen LogP contribution in [0.15, 0.2) is 0 Å². The Morgan fingerprint density at radius 2 is 1.95 bits per heavy atom. The Bertz CT molecular complexity index is 470. The van der Waals surface area contributed by atoms with Crippen molar-refractivity contribution in [3.05, 3.63) is 16.8 Å². The summed E-state index contributed by atoms with van der Waals surface area (Å²) in [6, 6.07) is 0. The lowest BCUT2D eigenvalue weighted by atomic mass is 10.0. The SMILES string of the molecule is CCc1nnc(N2CCOCC2)c(C(=O)O)c1CC. The highest BCUT2D eigenvalue weighted by Crippen LogP contribution is 2.24. The first-order valence-electron chi connectivity index (χ1n) is 6.63. The molecular formula is C13H19N3O3. The van der Waals surface area contributed by atoms with Crippen LogP contribution in [-0.4, -0.2) is 47.6 Å². The number of rotatable bonds is 4. The number of ether oxygens (including phenoxy) is 1. The van der Waals surface area contributed by atoms with E-state index in [9.17, 15) is 9.90 Å². The molecule has 0 aromatic carbocycles. The van der Waals surface area contributed by atoms with Crippen LogP contribution in [-0.2, 0) is 17.6 Å². The molecule has 1 N–H and O–H groups in total. The Kier molecular flexibility index (Phi) is 4.31. The molecule has 0 bridgehead atoms. The maximum Gasteiger partial charge on any atom is 0.339 e. The highest BCUT2D eigenvalue weighted by Gasteiger charge is 2.25. The van der Waals surface area contributed by atoms with Crippen molar-refractivity contribution in [1.82, 2.24) is 10.2 Å². The minimum atomic E-state index is -0.928. The van der Waals surface area contributed by atoms with Crippen molar-refractivity contribution >= 4 is 11.8 Å². The van der Waals surface area contributed by atoms with E-state index in [1.54, 1.807) is 0 Å². The zero-order chi connectivity index (χ0) is 13.8. The molecule has 0 amide bonds. The molecule has 2 heterocycles. The standard InChI is InChI=1S/C13H19N3O3/c1-3-9-10(4-2)14-15-12(11(9)13(17)18)16-5-7-19-8-6-16/h3-8H2,1-2H3,(H,17,18). The van der Waals surface area contributed by atoms with Crippen molar-refractivity contribution in [2.45, 2.75) is 26.7 Å². The third-order valence-corrected chi connectivity index (χ3v) is 3.35. The summed E-state index contributed by atoms with van der Waals surface area (Å²) in [5.74, 6) is -0.451. The average molecular weight is 265 g/mol. The Balaban J connectivity index is 2.50. The molecule has 1 aliphatic heterocycles. The Morgan fingerprint density at radius 1 is 1.26 bits per heavy atom. The van der Waals surface area contributed by atoms with E-state index < -0.39 is 5.97 Å². The first-order chi connectivity index (χ1) is 9.19. The van der Waals surface area contributed by atoms with E-state index in [0.29, 0.717) is 50.5 Å². The van der Waals surface area contributed by atoms with Crippen LogP contribution in [0.3, 0.4) is 0 Å². The number of carbonyl (C=O) groups is 1. The van der Waals surface area contributed by atoms with Crippen LogP contribution in [0.5, 0.6) is 0 Å². The molecule has 0 radical (unpaired) electrons. The van der Waals surface area contributed by atoms with Crippen LogP contribution >= 0.6 is 0 Å². The van der Waals surface area contributed by atoms with Crippen LogP contribution < -0.4 is 4.90 Å². The van der Waals surface area contributed by atoms with Gasteiger partial charge in [0, 0.05) is 13.1 Å². The van der Waals surface area contributed by atoms with Crippen LogP contribution in [0.2, 0.25) is 0 Å². The van der Waals surface area contributed by atoms with Gasteiger partial charge in [-0.2, -0.15) is 5.10 Å². The van der Waals surface area contributed by atoms with Gasteiger partial charge in [0.2, 0.25) is 0 Å². The molecule has 1 aliphatic rings. The van der Waals surface area contributed by atoms with Crippen LogP contribution in [0.25, 0.3) is 0 Å². The summed E-state index contributed by atoms with van der Waals surface area (Å²) in [5.41, 5.74) is 1.87. The van der Waals surface area contributed by atoms with Gasteiger partial charge in [-0.25, -0.2) is 4.79 Å². The van der Waals surface area contributed by atoms with E-state index in [4.69, 9.17) is 4.74 Å². The topological polar surface area (TPSA) is 75.5 Å². The highest BCUT2D eigenvalue weighted by atomic mass is 16.5. The predicted octanol–water partition coefficient (Wildman–Crippen LogP) is 1.14. The normalized spacial score (nSPS) is 15.6. The van der Waals surface area contributed by atoms with Gasteiger partial charge in [0.05, 0.1) is 18.9 Å². The van der Waals surface area contributed by atoms with Gasteiger partial charge in [0.25, 0.3) is 0 Å². The van der Waals surface area contributed by atoms with Crippen LogP contribution in [0.1, 0.15) is 35.5 Å². The van der Waals surface area contributed by atoms with Crippen molar-refractivity contribution in [3.8, 4) is 0 Å². The Hall–Kier alpha value is -1.69. The predicted molar refractivity (Wildman–Crippen MR) is 70.8 cm³/mol. The molecule has 2 rings (SSSR count). The summed E-state index contributed by atoms with van der Waals surface area (Å²) in [6.45, 7) is 6.41. The summed E-state index contributed by atoms with van der Waals surface area (Å²) in [4.78, 5) is 13.5. The summed E-state index contributed by atoms with van der Waals surface area (Å²) >= 11 is 0. The van der Waals surface area contributed by atoms with Crippen molar-refractivity contribution < 1.29 is 14.6 Å². The van der Waals surface area contributed by atoms with Gasteiger partial charge < -0.3 is 14.7 Å². The number of aryl methyl sites for hydroxylation is 1. The van der Waals surface area contributed by atoms with E-state index in [-0.39, 0.29) is 0 Å². The van der Waals surface area contributed by atoms with Crippen LogP contribution in [0, 0.1) is 0 Å². The molecule has 1 fully saturated rings. The molecule has 1 aromatic heterocycles. The first-order valence-corrected chi connectivity index (χ1v) is 6.63. The zero-order valence-electron chi connectivity index (χ0n) is 11.3. The summed E-state index contributed by atoms with van der Waals surface area (Å²) < 4.78 is 5.29. The van der Waals surface area contributed by atoms with E-state index >= 15 is 0 Å². The average Bonchev–Trinajstić information content (AvgIpc) is 2.46. The molecular weight excluding hydrogens is 246 g/mol. The van der Waals surface area contributed by atoms with Gasteiger partial charge in [0.1, 0.15) is 5.56 Å². The molecule has 0 unspecified atom stereocenters. The monoisotopic (exact) mass is 265 g/mol.